The topological polar surface area (TPSA) is 67.6 Å². The van der Waals surface area contributed by atoms with E-state index in [0.717, 1.165) is 24.1 Å². The first-order valence-corrected chi connectivity index (χ1v) is 8.69. The van der Waals surface area contributed by atoms with E-state index in [1.165, 1.54) is 0 Å². The Morgan fingerprint density at radius 1 is 1.19 bits per heavy atom. The van der Waals surface area contributed by atoms with E-state index in [9.17, 15) is 4.79 Å². The number of carbonyl (C=O) groups excluding carboxylic acids is 1. The van der Waals surface area contributed by atoms with E-state index in [0.29, 0.717) is 23.9 Å². The summed E-state index contributed by atoms with van der Waals surface area (Å²) in [7, 11) is 1.58. The number of anilines is 1. The molecular weight excluding hydrogens is 330 g/mol. The number of nitrogens with zero attached hydrogens (tertiary/aromatic N) is 2. The van der Waals surface area contributed by atoms with Gasteiger partial charge in [-0.15, -0.1) is 0 Å². The second-order valence-electron chi connectivity index (χ2n) is 6.03. The first-order valence-electron chi connectivity index (χ1n) is 8.69. The van der Waals surface area contributed by atoms with Gasteiger partial charge in [-0.25, -0.2) is 4.98 Å². The molecule has 1 aromatic heterocycles. The molecule has 0 fully saturated rings. The van der Waals surface area contributed by atoms with Crippen LogP contribution in [-0.4, -0.2) is 36.0 Å². The van der Waals surface area contributed by atoms with Crippen molar-refractivity contribution in [3.05, 3.63) is 54.4 Å². The number of amides is 1. The Morgan fingerprint density at radius 2 is 1.96 bits per heavy atom. The van der Waals surface area contributed by atoms with Gasteiger partial charge in [0.15, 0.2) is 5.58 Å². The predicted molar refractivity (Wildman–Crippen MR) is 101 cm³/mol. The number of oxazole rings is 1. The van der Waals surface area contributed by atoms with Crippen LogP contribution < -0.4 is 10.1 Å². The third kappa shape index (κ3) is 4.40. The Hall–Kier alpha value is -2.86. The fourth-order valence-corrected chi connectivity index (χ4v) is 2.85. The number of hydrogen-bond acceptors (Lipinski definition) is 5. The highest BCUT2D eigenvalue weighted by Gasteiger charge is 2.15. The average molecular weight is 353 g/mol. The third-order valence-corrected chi connectivity index (χ3v) is 3.99. The van der Waals surface area contributed by atoms with E-state index in [1.807, 2.05) is 53.4 Å². The van der Waals surface area contributed by atoms with E-state index in [-0.39, 0.29) is 12.5 Å². The van der Waals surface area contributed by atoms with Crippen molar-refractivity contribution in [2.45, 2.75) is 19.9 Å². The van der Waals surface area contributed by atoms with Crippen LogP contribution in [0.3, 0.4) is 0 Å². The zero-order valence-corrected chi connectivity index (χ0v) is 15.1. The molecular formula is C20H23N3O3. The number of ether oxygens (including phenoxy) is 1. The molecule has 1 heterocycles. The molecule has 0 spiro atoms. The summed E-state index contributed by atoms with van der Waals surface area (Å²) in [5.41, 5.74) is 2.26. The molecule has 0 aliphatic rings. The van der Waals surface area contributed by atoms with E-state index < -0.39 is 0 Å². The van der Waals surface area contributed by atoms with Crippen molar-refractivity contribution in [3.63, 3.8) is 0 Å². The standard InChI is InChI=1S/C20H23N3O3/c1-3-12-23(14-20-22-16-9-5-7-11-18(16)26-20)13-19(24)21-15-8-4-6-10-17(15)25-2/h4-11H,3,12-14H2,1-2H3,(H,21,24). The lowest BCUT2D eigenvalue weighted by Gasteiger charge is -2.19. The second kappa shape index (κ2) is 8.49. The lowest BCUT2D eigenvalue weighted by atomic mass is 10.3. The van der Waals surface area contributed by atoms with Crippen LogP contribution in [0.5, 0.6) is 5.75 Å². The molecule has 136 valence electrons. The SMILES string of the molecule is CCCN(CC(=O)Nc1ccccc1OC)Cc1nc2ccccc2o1. The van der Waals surface area contributed by atoms with Gasteiger partial charge >= 0.3 is 0 Å². The summed E-state index contributed by atoms with van der Waals surface area (Å²) in [6.45, 7) is 3.60. The molecule has 3 rings (SSSR count). The highest BCUT2D eigenvalue weighted by molar-refractivity contribution is 5.93. The van der Waals surface area contributed by atoms with Crippen molar-refractivity contribution in [1.82, 2.24) is 9.88 Å². The first kappa shape index (κ1) is 17.9. The molecule has 1 N–H and O–H groups in total. The van der Waals surface area contributed by atoms with Crippen molar-refractivity contribution in [2.24, 2.45) is 0 Å². The van der Waals surface area contributed by atoms with Crippen molar-refractivity contribution in [3.8, 4) is 5.75 Å². The predicted octanol–water partition coefficient (Wildman–Crippen LogP) is 3.69. The molecule has 0 unspecified atom stereocenters. The maximum Gasteiger partial charge on any atom is 0.238 e. The Kier molecular flexibility index (Phi) is 5.86. The lowest BCUT2D eigenvalue weighted by molar-refractivity contribution is -0.117. The molecule has 6 heteroatoms. The van der Waals surface area contributed by atoms with Crippen LogP contribution in [0.15, 0.2) is 52.9 Å². The van der Waals surface area contributed by atoms with Gasteiger partial charge in [0, 0.05) is 0 Å². The molecule has 0 aliphatic carbocycles. The van der Waals surface area contributed by atoms with Crippen LogP contribution in [0.25, 0.3) is 11.1 Å². The van der Waals surface area contributed by atoms with Crippen molar-refractivity contribution in [1.29, 1.82) is 0 Å². The zero-order valence-electron chi connectivity index (χ0n) is 15.1. The van der Waals surface area contributed by atoms with Crippen LogP contribution in [-0.2, 0) is 11.3 Å². The smallest absolute Gasteiger partial charge is 0.238 e. The fraction of sp³-hybridized carbons (Fsp3) is 0.300. The summed E-state index contributed by atoms with van der Waals surface area (Å²) < 4.78 is 11.1. The molecule has 2 aromatic carbocycles. The van der Waals surface area contributed by atoms with Crippen LogP contribution in [0, 0.1) is 0 Å². The summed E-state index contributed by atoms with van der Waals surface area (Å²) in [6.07, 6.45) is 0.933. The molecule has 0 saturated heterocycles. The molecule has 0 saturated carbocycles. The number of rotatable bonds is 8. The molecule has 3 aromatic rings. The van der Waals surface area contributed by atoms with Crippen LogP contribution in [0.4, 0.5) is 5.69 Å². The number of benzene rings is 2. The molecule has 0 radical (unpaired) electrons. The summed E-state index contributed by atoms with van der Waals surface area (Å²) in [5, 5.41) is 2.91. The van der Waals surface area contributed by atoms with Gasteiger partial charge in [0.1, 0.15) is 11.3 Å². The molecule has 26 heavy (non-hydrogen) atoms. The maximum atomic E-state index is 12.5. The van der Waals surface area contributed by atoms with Crippen molar-refractivity contribution >= 4 is 22.7 Å². The van der Waals surface area contributed by atoms with Gasteiger partial charge < -0.3 is 14.5 Å². The van der Waals surface area contributed by atoms with Crippen LogP contribution in [0.2, 0.25) is 0 Å². The summed E-state index contributed by atoms with van der Waals surface area (Å²) >= 11 is 0. The minimum Gasteiger partial charge on any atom is -0.495 e. The van der Waals surface area contributed by atoms with Crippen molar-refractivity contribution in [2.75, 3.05) is 25.5 Å². The monoisotopic (exact) mass is 353 g/mol. The summed E-state index contributed by atoms with van der Waals surface area (Å²) in [4.78, 5) is 19.0. The van der Waals surface area contributed by atoms with Crippen LogP contribution in [0.1, 0.15) is 19.2 Å². The maximum absolute atomic E-state index is 12.5. The van der Waals surface area contributed by atoms with E-state index in [2.05, 4.69) is 17.2 Å². The average Bonchev–Trinajstić information content (AvgIpc) is 3.04. The van der Waals surface area contributed by atoms with E-state index in [4.69, 9.17) is 9.15 Å². The Labute approximate surface area is 152 Å². The number of aromatic nitrogens is 1. The van der Waals surface area contributed by atoms with E-state index in [1.54, 1.807) is 7.11 Å². The number of fused-ring (bicyclic) bond motifs is 1. The number of methoxy groups -OCH3 is 1. The van der Waals surface area contributed by atoms with Gasteiger partial charge in [-0.1, -0.05) is 31.2 Å². The number of hydrogen-bond donors (Lipinski definition) is 1. The van der Waals surface area contributed by atoms with Gasteiger partial charge in [-0.3, -0.25) is 9.69 Å². The minimum absolute atomic E-state index is 0.0981. The minimum atomic E-state index is -0.0981. The highest BCUT2D eigenvalue weighted by Crippen LogP contribution is 2.23. The van der Waals surface area contributed by atoms with Crippen LogP contribution >= 0.6 is 0 Å². The normalized spacial score (nSPS) is 11.0. The zero-order chi connectivity index (χ0) is 18.4. The number of nitrogens with one attached hydrogen (secondary N) is 1. The molecule has 0 bridgehead atoms. The third-order valence-electron chi connectivity index (χ3n) is 3.99. The fourth-order valence-electron chi connectivity index (χ4n) is 2.85. The molecule has 1 amide bonds. The van der Waals surface area contributed by atoms with E-state index >= 15 is 0 Å². The van der Waals surface area contributed by atoms with Gasteiger partial charge in [0.25, 0.3) is 0 Å². The van der Waals surface area contributed by atoms with Gasteiger partial charge in [0.2, 0.25) is 11.8 Å². The Balaban J connectivity index is 1.66. The lowest BCUT2D eigenvalue weighted by Crippen LogP contribution is -2.33. The van der Waals surface area contributed by atoms with Gasteiger partial charge in [-0.2, -0.15) is 0 Å². The van der Waals surface area contributed by atoms with Crippen molar-refractivity contribution < 1.29 is 13.9 Å². The Morgan fingerprint density at radius 3 is 2.73 bits per heavy atom. The molecule has 0 aliphatic heterocycles. The Bertz CT molecular complexity index is 842. The largest absolute Gasteiger partial charge is 0.495 e. The molecule has 0 atom stereocenters. The quantitative estimate of drug-likeness (QED) is 0.669. The first-order chi connectivity index (χ1) is 12.7. The summed E-state index contributed by atoms with van der Waals surface area (Å²) in [5.74, 6) is 1.16. The molecule has 6 nitrogen and oxygen atoms in total. The number of para-hydroxylation sites is 4. The second-order valence-corrected chi connectivity index (χ2v) is 6.03. The highest BCUT2D eigenvalue weighted by atomic mass is 16.5. The number of carbonyl (C=O) groups is 1. The van der Waals surface area contributed by atoms with Gasteiger partial charge in [-0.05, 0) is 37.2 Å². The summed E-state index contributed by atoms with van der Waals surface area (Å²) in [6, 6.07) is 15.0. The van der Waals surface area contributed by atoms with Gasteiger partial charge in [0.05, 0.1) is 25.9 Å².